The van der Waals surface area contributed by atoms with Gasteiger partial charge in [0.2, 0.25) is 5.54 Å². The first-order valence-electron chi connectivity index (χ1n) is 8.49. The summed E-state index contributed by atoms with van der Waals surface area (Å²) in [5, 5.41) is 18.5. The van der Waals surface area contributed by atoms with Crippen molar-refractivity contribution in [2.24, 2.45) is 22.9 Å². The second kappa shape index (κ2) is 4.44. The van der Waals surface area contributed by atoms with E-state index in [0.717, 1.165) is 23.4 Å². The van der Waals surface area contributed by atoms with Gasteiger partial charge in [0.25, 0.3) is 0 Å². The molecule has 1 aliphatic heterocycles. The predicted octanol–water partition coefficient (Wildman–Crippen LogP) is 2.00. The summed E-state index contributed by atoms with van der Waals surface area (Å²) in [6.07, 6.45) is 6.71. The standard InChI is InChI=1S/C17H22N4O/c22-16-18-21(19-20(16)15-4-2-1-3-5-15)17-9-12-6-13(10-17)8-14(7-12)11-17/h1-5,12-14,16H,6-11H2,(H,18,19). The maximum atomic E-state index is 12.4. The molecule has 4 aliphatic carbocycles. The van der Waals surface area contributed by atoms with Gasteiger partial charge in [-0.3, -0.25) is 0 Å². The van der Waals surface area contributed by atoms with E-state index in [0.29, 0.717) is 0 Å². The quantitative estimate of drug-likeness (QED) is 0.850. The fourth-order valence-corrected chi connectivity index (χ4v) is 5.65. The fourth-order valence-electron chi connectivity index (χ4n) is 5.65. The lowest BCUT2D eigenvalue weighted by atomic mass is 9.53. The topological polar surface area (TPSA) is 53.7 Å². The number of hydrogen-bond acceptors (Lipinski definition) is 4. The fraction of sp³-hybridized carbons (Fsp3) is 0.647. The van der Waals surface area contributed by atoms with Crippen molar-refractivity contribution in [3.8, 4) is 0 Å². The molecular weight excluding hydrogens is 276 g/mol. The van der Waals surface area contributed by atoms with Crippen molar-refractivity contribution < 1.29 is 9.91 Å². The number of rotatable bonds is 2. The summed E-state index contributed by atoms with van der Waals surface area (Å²) in [6, 6.07) is 9.79. The van der Waals surface area contributed by atoms with Crippen LogP contribution in [0.1, 0.15) is 38.5 Å². The van der Waals surface area contributed by atoms with Gasteiger partial charge >= 0.3 is 0 Å². The molecule has 0 aromatic heterocycles. The minimum Gasteiger partial charge on any atom is -0.812 e. The summed E-state index contributed by atoms with van der Waals surface area (Å²) in [5.41, 5.74) is 4.27. The molecule has 1 aromatic rings. The normalized spacial score (nSPS) is 42.4. The molecule has 1 N–H and O–H groups in total. The Morgan fingerprint density at radius 3 is 2.23 bits per heavy atom. The van der Waals surface area contributed by atoms with Gasteiger partial charge in [0.1, 0.15) is 6.35 Å². The van der Waals surface area contributed by atoms with Gasteiger partial charge < -0.3 is 5.11 Å². The van der Waals surface area contributed by atoms with E-state index in [1.165, 1.54) is 38.5 Å². The molecule has 5 nitrogen and oxygen atoms in total. The van der Waals surface area contributed by atoms with E-state index in [2.05, 4.69) is 10.6 Å². The van der Waals surface area contributed by atoms with Gasteiger partial charge in [0, 0.05) is 24.1 Å². The highest BCUT2D eigenvalue weighted by Crippen LogP contribution is 2.57. The smallest absolute Gasteiger partial charge is 0.221 e. The molecule has 1 heterocycles. The van der Waals surface area contributed by atoms with Crippen LogP contribution in [0.2, 0.25) is 0 Å². The summed E-state index contributed by atoms with van der Waals surface area (Å²) in [6.45, 7) is 0. The van der Waals surface area contributed by atoms with Gasteiger partial charge in [-0.1, -0.05) is 23.7 Å². The van der Waals surface area contributed by atoms with Crippen molar-refractivity contribution in [3.63, 3.8) is 0 Å². The zero-order valence-electron chi connectivity index (χ0n) is 12.7. The van der Waals surface area contributed by atoms with Crippen molar-refractivity contribution in [1.82, 2.24) is 5.53 Å². The first-order valence-corrected chi connectivity index (χ1v) is 8.49. The van der Waals surface area contributed by atoms with Crippen molar-refractivity contribution in [2.45, 2.75) is 50.4 Å². The molecular formula is C17H22N4O. The molecule has 0 saturated heterocycles. The summed E-state index contributed by atoms with van der Waals surface area (Å²) in [5.74, 6) is 2.54. The Hall–Kier alpha value is -1.62. The molecule has 116 valence electrons. The van der Waals surface area contributed by atoms with E-state index in [9.17, 15) is 5.11 Å². The van der Waals surface area contributed by atoms with Crippen LogP contribution >= 0.6 is 0 Å². The molecule has 5 aliphatic rings. The lowest BCUT2D eigenvalue weighted by molar-refractivity contribution is -0.719. The van der Waals surface area contributed by atoms with E-state index >= 15 is 0 Å². The molecule has 0 spiro atoms. The molecule has 0 amide bonds. The van der Waals surface area contributed by atoms with Crippen LogP contribution in [0.5, 0.6) is 0 Å². The average Bonchev–Trinajstić information content (AvgIpc) is 2.90. The molecule has 5 heteroatoms. The SMILES string of the molecule is [O-]C1N=[N+](C23CC4CC(CC(C4)C2)C3)NN1c1ccccc1. The number of para-hydroxylation sites is 1. The van der Waals surface area contributed by atoms with Crippen molar-refractivity contribution >= 4 is 5.69 Å². The van der Waals surface area contributed by atoms with Gasteiger partial charge in [-0.15, -0.1) is 0 Å². The third-order valence-corrected chi connectivity index (χ3v) is 6.13. The first-order chi connectivity index (χ1) is 10.7. The number of hydrazine groups is 2. The van der Waals surface area contributed by atoms with E-state index in [4.69, 9.17) is 0 Å². The van der Waals surface area contributed by atoms with Gasteiger partial charge in [0.05, 0.1) is 5.69 Å². The minimum atomic E-state index is -1.09. The van der Waals surface area contributed by atoms with Gasteiger partial charge in [-0.2, -0.15) is 0 Å². The average molecular weight is 298 g/mol. The molecule has 1 aromatic carbocycles. The monoisotopic (exact) mass is 298 g/mol. The number of nitrogens with zero attached hydrogens (tertiary/aromatic N) is 3. The number of benzene rings is 1. The highest BCUT2D eigenvalue weighted by Gasteiger charge is 2.60. The molecule has 1 unspecified atom stereocenters. The summed E-state index contributed by atoms with van der Waals surface area (Å²) >= 11 is 0. The van der Waals surface area contributed by atoms with Crippen LogP contribution in [-0.4, -0.2) is 16.7 Å². The zero-order valence-corrected chi connectivity index (χ0v) is 12.7. The van der Waals surface area contributed by atoms with Crippen LogP contribution in [0, 0.1) is 17.8 Å². The second-order valence-corrected chi connectivity index (χ2v) is 7.70. The van der Waals surface area contributed by atoms with E-state index in [1.54, 1.807) is 5.01 Å². The number of nitrogens with one attached hydrogen (secondary N) is 1. The first kappa shape index (κ1) is 12.9. The Labute approximate surface area is 130 Å². The summed E-state index contributed by atoms with van der Waals surface area (Å²) < 4.78 is 0. The van der Waals surface area contributed by atoms with Crippen molar-refractivity contribution in [2.75, 3.05) is 5.01 Å². The lowest BCUT2D eigenvalue weighted by Gasteiger charge is -2.51. The number of anilines is 1. The Balaban J connectivity index is 1.44. The van der Waals surface area contributed by atoms with Crippen LogP contribution in [0.4, 0.5) is 5.69 Å². The van der Waals surface area contributed by atoms with E-state index < -0.39 is 6.35 Å². The van der Waals surface area contributed by atoms with Crippen LogP contribution in [-0.2, 0) is 0 Å². The van der Waals surface area contributed by atoms with Crippen molar-refractivity contribution in [3.05, 3.63) is 30.3 Å². The number of azo groups is 1. The number of hydrogen-bond donors (Lipinski definition) is 1. The van der Waals surface area contributed by atoms with Crippen LogP contribution in [0.15, 0.2) is 35.4 Å². The molecule has 4 saturated carbocycles. The minimum absolute atomic E-state index is 0.0843. The predicted molar refractivity (Wildman–Crippen MR) is 79.4 cm³/mol. The zero-order chi connectivity index (χ0) is 14.7. The third-order valence-electron chi connectivity index (χ3n) is 6.13. The molecule has 1 atom stereocenters. The Bertz CT molecular complexity index is 579. The summed E-state index contributed by atoms with van der Waals surface area (Å²) in [7, 11) is 0. The highest BCUT2D eigenvalue weighted by molar-refractivity contribution is 5.44. The highest BCUT2D eigenvalue weighted by atomic mass is 16.3. The summed E-state index contributed by atoms with van der Waals surface area (Å²) in [4.78, 5) is 1.95. The van der Waals surface area contributed by atoms with Gasteiger partial charge in [-0.05, 0) is 54.3 Å². The largest absolute Gasteiger partial charge is 0.812 e. The molecule has 0 radical (unpaired) electrons. The molecule has 4 fully saturated rings. The van der Waals surface area contributed by atoms with Gasteiger partial charge in [0.15, 0.2) is 0 Å². The molecule has 22 heavy (non-hydrogen) atoms. The van der Waals surface area contributed by atoms with Crippen LogP contribution in [0.3, 0.4) is 0 Å². The maximum absolute atomic E-state index is 12.4. The molecule has 4 bridgehead atoms. The Morgan fingerprint density at radius 1 is 1.05 bits per heavy atom. The van der Waals surface area contributed by atoms with E-state index in [1.807, 2.05) is 35.1 Å². The third kappa shape index (κ3) is 1.81. The van der Waals surface area contributed by atoms with Crippen molar-refractivity contribution in [1.29, 1.82) is 0 Å². The lowest BCUT2D eigenvalue weighted by Crippen LogP contribution is -2.60. The van der Waals surface area contributed by atoms with Crippen LogP contribution in [0.25, 0.3) is 0 Å². The van der Waals surface area contributed by atoms with Crippen LogP contribution < -0.4 is 15.7 Å². The van der Waals surface area contributed by atoms with E-state index in [-0.39, 0.29) is 5.54 Å². The second-order valence-electron chi connectivity index (χ2n) is 7.70. The van der Waals surface area contributed by atoms with Gasteiger partial charge in [-0.25, -0.2) is 5.01 Å². The molecule has 6 rings (SSSR count). The Morgan fingerprint density at radius 2 is 1.64 bits per heavy atom. The Kier molecular flexibility index (Phi) is 2.60. The maximum Gasteiger partial charge on any atom is 0.221 e.